The minimum atomic E-state index is 0.223. The molecule has 0 bridgehead atoms. The molecule has 2 aromatic carbocycles. The van der Waals surface area contributed by atoms with Gasteiger partial charge in [0.1, 0.15) is 0 Å². The Labute approximate surface area is 212 Å². The van der Waals surface area contributed by atoms with E-state index in [4.69, 9.17) is 4.99 Å². The van der Waals surface area contributed by atoms with E-state index in [-0.39, 0.29) is 11.9 Å². The maximum absolute atomic E-state index is 13.5. The Morgan fingerprint density at radius 1 is 0.889 bits per heavy atom. The van der Waals surface area contributed by atoms with Crippen LogP contribution in [0, 0.1) is 13.8 Å². The van der Waals surface area contributed by atoms with E-state index in [0.717, 1.165) is 35.8 Å². The van der Waals surface area contributed by atoms with Crippen molar-refractivity contribution in [2.45, 2.75) is 64.2 Å². The van der Waals surface area contributed by atoms with Gasteiger partial charge in [-0.2, -0.15) is 0 Å². The molecule has 3 aromatic rings. The van der Waals surface area contributed by atoms with E-state index in [2.05, 4.69) is 69.4 Å². The second-order valence-electron chi connectivity index (χ2n) is 11.0. The van der Waals surface area contributed by atoms with Crippen LogP contribution in [0.1, 0.15) is 63.5 Å². The number of likely N-dealkylation sites (tertiary alicyclic amines) is 1. The fourth-order valence-electron chi connectivity index (χ4n) is 6.61. The number of amides is 1. The summed E-state index contributed by atoms with van der Waals surface area (Å²) in [5, 5.41) is 0. The van der Waals surface area contributed by atoms with Gasteiger partial charge in [-0.05, 0) is 67.1 Å². The molecule has 1 aromatic heterocycles. The molecule has 0 N–H and O–H groups in total. The highest BCUT2D eigenvalue weighted by molar-refractivity contribution is 6.15. The van der Waals surface area contributed by atoms with Crippen LogP contribution in [0.15, 0.2) is 59.6 Å². The highest BCUT2D eigenvalue weighted by Gasteiger charge is 2.45. The molecule has 4 aliphatic rings. The lowest BCUT2D eigenvalue weighted by atomic mass is 9.88. The van der Waals surface area contributed by atoms with Crippen molar-refractivity contribution in [1.82, 2.24) is 14.8 Å². The van der Waals surface area contributed by atoms with E-state index in [1.165, 1.54) is 40.7 Å². The fourth-order valence-corrected chi connectivity index (χ4v) is 6.61. The van der Waals surface area contributed by atoms with Crippen LogP contribution in [0.3, 0.4) is 0 Å². The van der Waals surface area contributed by atoms with E-state index in [1.807, 2.05) is 13.8 Å². The molecule has 3 aliphatic heterocycles. The van der Waals surface area contributed by atoms with E-state index in [0.29, 0.717) is 31.5 Å². The second kappa shape index (κ2) is 8.38. The van der Waals surface area contributed by atoms with Crippen molar-refractivity contribution in [3.05, 3.63) is 99.4 Å². The topological polar surface area (TPSA) is 48.8 Å². The highest BCUT2D eigenvalue weighted by atomic mass is 16.2. The van der Waals surface area contributed by atoms with Crippen LogP contribution in [0.2, 0.25) is 0 Å². The lowest BCUT2D eigenvalue weighted by Gasteiger charge is -2.37. The Morgan fingerprint density at radius 2 is 1.67 bits per heavy atom. The maximum atomic E-state index is 13.5. The Morgan fingerprint density at radius 3 is 2.42 bits per heavy atom. The zero-order valence-corrected chi connectivity index (χ0v) is 21.1. The number of aryl methyl sites for hydroxylation is 2. The summed E-state index contributed by atoms with van der Waals surface area (Å²) in [6.45, 7) is 7.50. The molecule has 4 heterocycles. The summed E-state index contributed by atoms with van der Waals surface area (Å²) in [5.74, 6) is 0.636. The SMILES string of the molecule is Cc1cc(C2=NCc3cc4c(cc32)CN([C@@H]2CN(C3CC3)C[C@H]2c2ccccc2)C(=O)C4)cc(C)n1. The van der Waals surface area contributed by atoms with E-state index >= 15 is 0 Å². The quantitative estimate of drug-likeness (QED) is 0.555. The van der Waals surface area contributed by atoms with Gasteiger partial charge in [-0.25, -0.2) is 0 Å². The number of pyridine rings is 1. The van der Waals surface area contributed by atoms with Gasteiger partial charge in [0.05, 0.1) is 24.7 Å². The number of fused-ring (bicyclic) bond motifs is 2. The molecular formula is C31H32N4O. The number of nitrogens with zero attached hydrogens (tertiary/aromatic N) is 4. The van der Waals surface area contributed by atoms with Gasteiger partial charge in [0, 0.05) is 54.1 Å². The van der Waals surface area contributed by atoms with E-state index in [1.54, 1.807) is 0 Å². The summed E-state index contributed by atoms with van der Waals surface area (Å²) in [7, 11) is 0. The molecule has 0 spiro atoms. The Hall–Kier alpha value is -3.31. The van der Waals surface area contributed by atoms with Gasteiger partial charge in [-0.3, -0.25) is 19.7 Å². The van der Waals surface area contributed by atoms with Gasteiger partial charge < -0.3 is 4.90 Å². The number of carbonyl (C=O) groups excluding carboxylic acids is 1. The second-order valence-corrected chi connectivity index (χ2v) is 11.0. The van der Waals surface area contributed by atoms with Crippen molar-refractivity contribution in [1.29, 1.82) is 0 Å². The van der Waals surface area contributed by atoms with E-state index < -0.39 is 0 Å². The average molecular weight is 477 g/mol. The van der Waals surface area contributed by atoms with Crippen molar-refractivity contribution in [3.63, 3.8) is 0 Å². The van der Waals surface area contributed by atoms with Crippen LogP contribution >= 0.6 is 0 Å². The van der Waals surface area contributed by atoms with Gasteiger partial charge in [-0.15, -0.1) is 0 Å². The van der Waals surface area contributed by atoms with Crippen molar-refractivity contribution in [2.75, 3.05) is 13.1 Å². The smallest absolute Gasteiger partial charge is 0.227 e. The van der Waals surface area contributed by atoms with Crippen molar-refractivity contribution < 1.29 is 4.79 Å². The first kappa shape index (κ1) is 21.9. The molecule has 0 radical (unpaired) electrons. The molecule has 1 amide bonds. The maximum Gasteiger partial charge on any atom is 0.227 e. The van der Waals surface area contributed by atoms with Gasteiger partial charge in [0.2, 0.25) is 5.91 Å². The monoisotopic (exact) mass is 476 g/mol. The summed E-state index contributed by atoms with van der Waals surface area (Å²) in [5.41, 5.74) is 10.5. The summed E-state index contributed by atoms with van der Waals surface area (Å²) < 4.78 is 0. The van der Waals surface area contributed by atoms with Gasteiger partial charge in [-0.1, -0.05) is 36.4 Å². The van der Waals surface area contributed by atoms with Gasteiger partial charge in [0.25, 0.3) is 0 Å². The van der Waals surface area contributed by atoms with Crippen LogP contribution in [-0.4, -0.2) is 51.6 Å². The first-order chi connectivity index (χ1) is 17.5. The minimum Gasteiger partial charge on any atom is -0.333 e. The van der Waals surface area contributed by atoms with Crippen molar-refractivity contribution in [3.8, 4) is 0 Å². The van der Waals surface area contributed by atoms with E-state index in [9.17, 15) is 4.79 Å². The number of carbonyl (C=O) groups is 1. The Kier molecular flexibility index (Phi) is 5.10. The molecule has 0 unspecified atom stereocenters. The highest BCUT2D eigenvalue weighted by Crippen LogP contribution is 2.40. The zero-order chi connectivity index (χ0) is 24.4. The predicted octanol–water partition coefficient (Wildman–Crippen LogP) is 4.56. The fraction of sp³-hybridized carbons (Fsp3) is 0.387. The lowest BCUT2D eigenvalue weighted by Crippen LogP contribution is -2.47. The summed E-state index contributed by atoms with van der Waals surface area (Å²) in [6.07, 6.45) is 3.09. The van der Waals surface area contributed by atoms with Crippen LogP contribution in [0.4, 0.5) is 0 Å². The third-order valence-electron chi connectivity index (χ3n) is 8.45. The third kappa shape index (κ3) is 3.77. The minimum absolute atomic E-state index is 0.223. The molecular weight excluding hydrogens is 444 g/mol. The standard InChI is InChI=1S/C31H32N4O/c1-19-10-23(11-20(2)33-19)31-27-13-25-16-35(30(36)14-22(25)12-24(27)15-32-31)29-18-34(26-8-9-26)17-28(29)21-6-4-3-5-7-21/h3-7,10-13,26,28-29H,8-9,14-18H2,1-2H3/t28-,29+/m0/s1. The summed E-state index contributed by atoms with van der Waals surface area (Å²) in [6, 6.07) is 20.6. The van der Waals surface area contributed by atoms with Crippen LogP contribution in [-0.2, 0) is 24.3 Å². The molecule has 182 valence electrons. The molecule has 36 heavy (non-hydrogen) atoms. The van der Waals surface area contributed by atoms with Crippen molar-refractivity contribution >= 4 is 11.6 Å². The predicted molar refractivity (Wildman–Crippen MR) is 141 cm³/mol. The molecule has 2 fully saturated rings. The van der Waals surface area contributed by atoms with Gasteiger partial charge in [0.15, 0.2) is 0 Å². The molecule has 1 aliphatic carbocycles. The number of hydrogen-bond acceptors (Lipinski definition) is 4. The molecule has 2 atom stereocenters. The average Bonchev–Trinajstić information content (AvgIpc) is 3.49. The number of aliphatic imine (C=N–C) groups is 1. The molecule has 1 saturated carbocycles. The molecule has 5 heteroatoms. The van der Waals surface area contributed by atoms with Gasteiger partial charge >= 0.3 is 0 Å². The number of benzene rings is 2. The van der Waals surface area contributed by atoms with Crippen LogP contribution in [0.5, 0.6) is 0 Å². The molecule has 1 saturated heterocycles. The van der Waals surface area contributed by atoms with Crippen LogP contribution < -0.4 is 0 Å². The largest absolute Gasteiger partial charge is 0.333 e. The van der Waals surface area contributed by atoms with Crippen LogP contribution in [0.25, 0.3) is 0 Å². The molecule has 7 rings (SSSR count). The summed E-state index contributed by atoms with van der Waals surface area (Å²) in [4.78, 5) is 27.8. The third-order valence-corrected chi connectivity index (χ3v) is 8.45. The number of aromatic nitrogens is 1. The zero-order valence-electron chi connectivity index (χ0n) is 21.1. The normalized spacial score (nSPS) is 23.6. The van der Waals surface area contributed by atoms with Crippen molar-refractivity contribution in [2.24, 2.45) is 4.99 Å². The lowest BCUT2D eigenvalue weighted by molar-refractivity contribution is -0.134. The first-order valence-electron chi connectivity index (χ1n) is 13.3. The Balaban J connectivity index is 1.22. The number of rotatable bonds is 4. The summed E-state index contributed by atoms with van der Waals surface area (Å²) >= 11 is 0. The molecule has 5 nitrogen and oxygen atoms in total. The number of hydrogen-bond donors (Lipinski definition) is 0. The first-order valence-corrected chi connectivity index (χ1v) is 13.3. The Bertz CT molecular complexity index is 1370.